The first-order valence-corrected chi connectivity index (χ1v) is 9.65. The van der Waals surface area contributed by atoms with Gasteiger partial charge in [-0.05, 0) is 11.6 Å². The maximum absolute atomic E-state index is 11.3. The van der Waals surface area contributed by atoms with Crippen LogP contribution in [-0.4, -0.2) is 22.8 Å². The van der Waals surface area contributed by atoms with Gasteiger partial charge in [0.15, 0.2) is 11.5 Å². The van der Waals surface area contributed by atoms with Gasteiger partial charge in [0.25, 0.3) is 5.69 Å². The number of hydrazone groups is 1. The Morgan fingerprint density at radius 1 is 1.10 bits per heavy atom. The van der Waals surface area contributed by atoms with Crippen molar-refractivity contribution in [3.63, 3.8) is 0 Å². The molecule has 2 heterocycles. The first kappa shape index (κ1) is 18.2. The fourth-order valence-electron chi connectivity index (χ4n) is 4.06. The van der Waals surface area contributed by atoms with Crippen LogP contribution in [0.2, 0.25) is 0 Å². The van der Waals surface area contributed by atoms with Crippen LogP contribution in [-0.2, 0) is 0 Å². The number of non-ortho nitro benzene ring substituents is 1. The average Bonchev–Trinajstić information content (AvgIpc) is 3.24. The Morgan fingerprint density at radius 3 is 2.67 bits per heavy atom. The van der Waals surface area contributed by atoms with Gasteiger partial charge in [0, 0.05) is 29.7 Å². The van der Waals surface area contributed by atoms with Crippen molar-refractivity contribution < 1.29 is 14.4 Å². The predicted molar refractivity (Wildman–Crippen MR) is 112 cm³/mol. The quantitative estimate of drug-likeness (QED) is 0.462. The van der Waals surface area contributed by atoms with Crippen LogP contribution < -0.4 is 9.47 Å². The monoisotopic (exact) mass is 401 g/mol. The maximum Gasteiger partial charge on any atom is 0.269 e. The summed E-state index contributed by atoms with van der Waals surface area (Å²) in [6.45, 7) is 0. The number of methoxy groups -OCH3 is 1. The molecule has 2 aliphatic heterocycles. The second-order valence-corrected chi connectivity index (χ2v) is 7.21. The molecule has 150 valence electrons. The summed E-state index contributed by atoms with van der Waals surface area (Å²) in [5.41, 5.74) is 3.68. The zero-order chi connectivity index (χ0) is 20.7. The van der Waals surface area contributed by atoms with Crippen molar-refractivity contribution in [3.8, 4) is 11.5 Å². The maximum atomic E-state index is 11.3. The largest absolute Gasteiger partial charge is 0.493 e. The Morgan fingerprint density at radius 2 is 1.90 bits per heavy atom. The van der Waals surface area contributed by atoms with Gasteiger partial charge < -0.3 is 9.47 Å². The molecule has 2 atom stereocenters. The summed E-state index contributed by atoms with van der Waals surface area (Å²) in [5, 5.41) is 18.1. The van der Waals surface area contributed by atoms with Crippen molar-refractivity contribution >= 4 is 11.4 Å². The van der Waals surface area contributed by atoms with Crippen LogP contribution in [0.25, 0.3) is 0 Å². The minimum atomic E-state index is -0.597. The average molecular weight is 401 g/mol. The molecule has 30 heavy (non-hydrogen) atoms. The molecular formula is C23H19N3O4. The second kappa shape index (κ2) is 7.18. The van der Waals surface area contributed by atoms with E-state index >= 15 is 0 Å². The molecule has 0 spiro atoms. The van der Waals surface area contributed by atoms with Gasteiger partial charge in [-0.15, -0.1) is 0 Å². The van der Waals surface area contributed by atoms with Crippen molar-refractivity contribution in [2.75, 3.05) is 7.11 Å². The fourth-order valence-corrected chi connectivity index (χ4v) is 4.06. The summed E-state index contributed by atoms with van der Waals surface area (Å²) in [5.74, 6) is 1.29. The standard InChI is InChI=1S/C23H19N3O4/c1-29-21-12-6-11-18-20-14-19(15-7-3-2-4-8-15)24-25(20)23(30-22(18)21)16-9-5-10-17(13-16)26(27)28/h2-13,20,23H,14H2,1H3/t20-,23+/m0/s1. The van der Waals surface area contributed by atoms with Gasteiger partial charge in [0.05, 0.1) is 23.8 Å². The SMILES string of the molecule is COc1cccc2c1O[C@H](c1cccc([N+](=O)[O-])c1)N1N=C(c3ccccc3)C[C@@H]21. The van der Waals surface area contributed by atoms with Crippen LogP contribution in [0.3, 0.4) is 0 Å². The number of nitro groups is 1. The third kappa shape index (κ3) is 2.95. The molecule has 0 bridgehead atoms. The molecule has 3 aromatic rings. The topological polar surface area (TPSA) is 77.2 Å². The van der Waals surface area contributed by atoms with E-state index in [1.54, 1.807) is 13.2 Å². The van der Waals surface area contributed by atoms with E-state index in [0.717, 1.165) is 16.8 Å². The summed E-state index contributed by atoms with van der Waals surface area (Å²) in [7, 11) is 1.61. The molecule has 0 radical (unpaired) electrons. The van der Waals surface area contributed by atoms with E-state index in [1.807, 2.05) is 59.6 Å². The number of hydrogen-bond donors (Lipinski definition) is 0. The first-order chi connectivity index (χ1) is 14.7. The van der Waals surface area contributed by atoms with E-state index in [9.17, 15) is 10.1 Å². The van der Waals surface area contributed by atoms with E-state index in [4.69, 9.17) is 14.6 Å². The first-order valence-electron chi connectivity index (χ1n) is 9.65. The van der Waals surface area contributed by atoms with Gasteiger partial charge in [0.2, 0.25) is 6.23 Å². The van der Waals surface area contributed by atoms with Crippen LogP contribution in [0.4, 0.5) is 5.69 Å². The Bertz CT molecular complexity index is 1150. The highest BCUT2D eigenvalue weighted by Gasteiger charge is 2.42. The number of benzene rings is 3. The molecule has 0 saturated heterocycles. The van der Waals surface area contributed by atoms with Gasteiger partial charge in [-0.25, -0.2) is 5.01 Å². The molecule has 7 nitrogen and oxygen atoms in total. The van der Waals surface area contributed by atoms with E-state index in [2.05, 4.69) is 0 Å². The van der Waals surface area contributed by atoms with Crippen LogP contribution in [0.15, 0.2) is 77.9 Å². The highest BCUT2D eigenvalue weighted by Crippen LogP contribution is 2.50. The number of fused-ring (bicyclic) bond motifs is 3. The minimum absolute atomic E-state index is 0.0185. The van der Waals surface area contributed by atoms with Gasteiger partial charge in [-0.2, -0.15) is 5.10 Å². The summed E-state index contributed by atoms with van der Waals surface area (Å²) in [6, 6.07) is 22.3. The van der Waals surface area contributed by atoms with Crippen LogP contribution in [0, 0.1) is 10.1 Å². The van der Waals surface area contributed by atoms with Gasteiger partial charge in [-0.3, -0.25) is 10.1 Å². The molecule has 0 saturated carbocycles. The number of nitro benzene ring substituents is 1. The summed E-state index contributed by atoms with van der Waals surface area (Å²) in [4.78, 5) is 10.9. The molecule has 0 unspecified atom stereocenters. The number of rotatable bonds is 4. The normalized spacial score (nSPS) is 19.4. The summed E-state index contributed by atoms with van der Waals surface area (Å²) in [6.07, 6.45) is 0.110. The van der Waals surface area contributed by atoms with Crippen LogP contribution in [0.1, 0.15) is 35.4 Å². The molecule has 0 aliphatic carbocycles. The zero-order valence-electron chi connectivity index (χ0n) is 16.3. The van der Waals surface area contributed by atoms with E-state index in [0.29, 0.717) is 23.5 Å². The Kier molecular flexibility index (Phi) is 4.35. The zero-order valence-corrected chi connectivity index (χ0v) is 16.3. The lowest BCUT2D eigenvalue weighted by molar-refractivity contribution is -0.385. The van der Waals surface area contributed by atoms with Gasteiger partial charge in [-0.1, -0.05) is 54.6 Å². The Hall–Kier alpha value is -3.87. The Labute approximate surface area is 173 Å². The summed E-state index contributed by atoms with van der Waals surface area (Å²) < 4.78 is 11.9. The number of ether oxygens (including phenoxy) is 2. The van der Waals surface area contributed by atoms with Crippen molar-refractivity contribution in [2.24, 2.45) is 5.10 Å². The van der Waals surface area contributed by atoms with Crippen molar-refractivity contribution in [1.29, 1.82) is 0 Å². The molecule has 0 N–H and O–H groups in total. The molecule has 5 rings (SSSR count). The number of nitrogens with zero attached hydrogens (tertiary/aromatic N) is 3. The predicted octanol–water partition coefficient (Wildman–Crippen LogP) is 4.85. The molecule has 3 aromatic carbocycles. The number of para-hydroxylation sites is 1. The highest BCUT2D eigenvalue weighted by atomic mass is 16.6. The minimum Gasteiger partial charge on any atom is -0.493 e. The summed E-state index contributed by atoms with van der Waals surface area (Å²) >= 11 is 0. The molecular weight excluding hydrogens is 382 g/mol. The van der Waals surface area contributed by atoms with E-state index in [1.165, 1.54) is 12.1 Å². The lowest BCUT2D eigenvalue weighted by Crippen LogP contribution is -2.33. The van der Waals surface area contributed by atoms with Crippen LogP contribution >= 0.6 is 0 Å². The lowest BCUT2D eigenvalue weighted by atomic mass is 9.95. The van der Waals surface area contributed by atoms with E-state index in [-0.39, 0.29) is 11.7 Å². The molecule has 7 heteroatoms. The smallest absolute Gasteiger partial charge is 0.269 e. The van der Waals surface area contributed by atoms with E-state index < -0.39 is 11.2 Å². The van der Waals surface area contributed by atoms with Crippen molar-refractivity contribution in [1.82, 2.24) is 5.01 Å². The molecule has 0 amide bonds. The van der Waals surface area contributed by atoms with Crippen molar-refractivity contribution in [2.45, 2.75) is 18.7 Å². The highest BCUT2D eigenvalue weighted by molar-refractivity contribution is 6.01. The third-order valence-corrected chi connectivity index (χ3v) is 5.47. The van der Waals surface area contributed by atoms with Gasteiger partial charge in [0.1, 0.15) is 0 Å². The second-order valence-electron chi connectivity index (χ2n) is 7.21. The fraction of sp³-hybridized carbons (Fsp3) is 0.174. The van der Waals surface area contributed by atoms with Gasteiger partial charge >= 0.3 is 0 Å². The van der Waals surface area contributed by atoms with Crippen molar-refractivity contribution in [3.05, 3.63) is 99.6 Å². The molecule has 0 fully saturated rings. The molecule has 2 aliphatic rings. The lowest BCUT2D eigenvalue weighted by Gasteiger charge is -2.38. The third-order valence-electron chi connectivity index (χ3n) is 5.47. The number of hydrogen-bond acceptors (Lipinski definition) is 6. The Balaban J connectivity index is 1.63. The molecule has 0 aromatic heterocycles. The van der Waals surface area contributed by atoms with Crippen LogP contribution in [0.5, 0.6) is 11.5 Å².